The number of urea groups is 1. The van der Waals surface area contributed by atoms with Crippen LogP contribution in [0.5, 0.6) is 0 Å². The normalized spacial score (nSPS) is 20.9. The second kappa shape index (κ2) is 13.0. The van der Waals surface area contributed by atoms with Crippen molar-refractivity contribution in [2.75, 3.05) is 51.6 Å². The molecule has 49 heavy (non-hydrogen) atoms. The van der Waals surface area contributed by atoms with Crippen molar-refractivity contribution in [3.63, 3.8) is 0 Å². The number of likely N-dealkylation sites (tertiary alicyclic amines) is 3. The molecule has 4 N–H and O–H groups in total. The number of pyridine rings is 1. The summed E-state index contributed by atoms with van der Waals surface area (Å²) in [7, 11) is 1.79. The van der Waals surface area contributed by atoms with E-state index in [1.807, 2.05) is 47.9 Å². The van der Waals surface area contributed by atoms with Crippen LogP contribution >= 0.6 is 0 Å². The van der Waals surface area contributed by atoms with E-state index in [9.17, 15) is 19.2 Å². The number of carbonyl (C=O) groups excluding carboxylic acids is 4. The lowest BCUT2D eigenvalue weighted by atomic mass is 9.77. The number of nitrogens with zero attached hydrogens (tertiary/aromatic N) is 5. The zero-order valence-electron chi connectivity index (χ0n) is 28.4. The zero-order valence-corrected chi connectivity index (χ0v) is 28.4. The van der Waals surface area contributed by atoms with Gasteiger partial charge in [0, 0.05) is 75.7 Å². The van der Waals surface area contributed by atoms with Crippen LogP contribution in [-0.2, 0) is 26.3 Å². The largest absolute Gasteiger partial charge is 0.437 e. The minimum absolute atomic E-state index is 0.0329. The lowest BCUT2D eigenvalue weighted by molar-refractivity contribution is -0.136. The van der Waals surface area contributed by atoms with Gasteiger partial charge in [-0.15, -0.1) is 0 Å². The summed E-state index contributed by atoms with van der Waals surface area (Å²) in [5.41, 5.74) is 2.82. The van der Waals surface area contributed by atoms with Crippen LogP contribution in [0.1, 0.15) is 55.7 Å². The number of aryl methyl sites for hydroxylation is 1. The van der Waals surface area contributed by atoms with Gasteiger partial charge in [-0.1, -0.05) is 6.07 Å². The number of ether oxygens (including phenoxy) is 1. The van der Waals surface area contributed by atoms with Gasteiger partial charge in [0.15, 0.2) is 0 Å². The molecule has 2 aromatic heterocycles. The Labute approximate surface area is 285 Å². The molecule has 6 heterocycles. The second-order valence-corrected chi connectivity index (χ2v) is 14.2. The predicted octanol–water partition coefficient (Wildman–Crippen LogP) is 2.89. The number of aromatic nitrogens is 3. The Bertz CT molecular complexity index is 1760. The average molecular weight is 672 g/mol. The lowest BCUT2D eigenvalue weighted by Crippen LogP contribution is -2.56. The topological polar surface area (TPSA) is 165 Å². The Balaban J connectivity index is 1.06. The van der Waals surface area contributed by atoms with E-state index in [2.05, 4.69) is 31.1 Å². The summed E-state index contributed by atoms with van der Waals surface area (Å²) >= 11 is 0. The summed E-state index contributed by atoms with van der Waals surface area (Å²) in [5.74, 6) is 0.498. The molecule has 2 spiro atoms. The van der Waals surface area contributed by atoms with Gasteiger partial charge in [-0.25, -0.2) is 14.6 Å². The quantitative estimate of drug-likeness (QED) is 0.311. The number of carbonyl (C=O) groups is 4. The van der Waals surface area contributed by atoms with Gasteiger partial charge >= 0.3 is 12.1 Å². The highest BCUT2D eigenvalue weighted by Crippen LogP contribution is 2.43. The first-order valence-corrected chi connectivity index (χ1v) is 17.3. The standard InChI is InChI=1S/C35H45N9O5/c1-22-17-24(18-25-20-38-41-28(22)25)19-27(31(46)44-14-8-34(21-44)6-12-42(13-7-34)30(45)23(2)36-3)39-32(47)43-15-9-35(10-16-43)26-5-4-11-37-29(26)40-33(48)49-35/h4-5,11,17-18,20,23,27,36H,6-10,12-16,19,21H2,1-3H3,(H,38,41)(H,39,47)(H,37,40,48). The smallest absolute Gasteiger partial charge is 0.413 e. The molecular formula is C35H45N9O5. The van der Waals surface area contributed by atoms with E-state index in [0.717, 1.165) is 46.9 Å². The van der Waals surface area contributed by atoms with Crippen molar-refractivity contribution in [1.82, 2.24) is 40.5 Å². The van der Waals surface area contributed by atoms with Gasteiger partial charge in [0.2, 0.25) is 11.8 Å². The Morgan fingerprint density at radius 1 is 1.00 bits per heavy atom. The highest BCUT2D eigenvalue weighted by Gasteiger charge is 2.47. The number of aromatic amines is 1. The van der Waals surface area contributed by atoms with Crippen LogP contribution in [0.2, 0.25) is 0 Å². The fourth-order valence-electron chi connectivity index (χ4n) is 8.13. The van der Waals surface area contributed by atoms with Gasteiger partial charge < -0.3 is 30.1 Å². The van der Waals surface area contributed by atoms with Gasteiger partial charge in [0.25, 0.3) is 0 Å². The number of likely N-dealkylation sites (N-methyl/N-ethyl adjacent to an activating group) is 1. The number of piperidine rings is 2. The molecule has 1 aromatic carbocycles. The van der Waals surface area contributed by atoms with Gasteiger partial charge in [0.1, 0.15) is 17.5 Å². The maximum absolute atomic E-state index is 14.3. The first kappa shape index (κ1) is 32.8. The number of hydrogen-bond donors (Lipinski definition) is 4. The molecule has 5 amide bonds. The van der Waals surface area contributed by atoms with Crippen LogP contribution < -0.4 is 16.0 Å². The molecule has 0 bridgehead atoms. The Kier molecular flexibility index (Phi) is 8.67. The number of benzene rings is 1. The number of rotatable bonds is 6. The average Bonchev–Trinajstić information content (AvgIpc) is 3.75. The number of amides is 5. The van der Waals surface area contributed by atoms with Crippen molar-refractivity contribution in [1.29, 1.82) is 0 Å². The molecule has 0 saturated carbocycles. The second-order valence-electron chi connectivity index (χ2n) is 14.2. The summed E-state index contributed by atoms with van der Waals surface area (Å²) in [6.45, 7) is 7.17. The maximum Gasteiger partial charge on any atom is 0.413 e. The maximum atomic E-state index is 14.3. The van der Waals surface area contributed by atoms with Crippen molar-refractivity contribution < 1.29 is 23.9 Å². The molecule has 4 aliphatic rings. The van der Waals surface area contributed by atoms with E-state index in [-0.39, 0.29) is 29.3 Å². The van der Waals surface area contributed by atoms with Crippen LogP contribution in [0.25, 0.3) is 10.9 Å². The molecule has 2 atom stereocenters. The molecule has 260 valence electrons. The van der Waals surface area contributed by atoms with Crippen molar-refractivity contribution >= 4 is 40.7 Å². The van der Waals surface area contributed by atoms with Gasteiger partial charge in [-0.05, 0) is 74.9 Å². The number of H-pyrrole nitrogens is 1. The SMILES string of the molecule is CNC(C)C(=O)N1CCC2(CC1)CCN(C(=O)C(Cc1cc(C)c3[nH]ncc3c1)NC(=O)N1CCC3(CC1)OC(=O)Nc1ncccc13)C2. The first-order chi connectivity index (χ1) is 23.6. The van der Waals surface area contributed by atoms with E-state index in [0.29, 0.717) is 64.3 Å². The molecule has 3 aromatic rings. The molecule has 3 fully saturated rings. The highest BCUT2D eigenvalue weighted by molar-refractivity contribution is 5.89. The summed E-state index contributed by atoms with van der Waals surface area (Å²) in [6, 6.07) is 6.46. The molecule has 14 heteroatoms. The van der Waals surface area contributed by atoms with Crippen molar-refractivity contribution in [3.05, 3.63) is 53.3 Å². The van der Waals surface area contributed by atoms with Crippen LogP contribution in [0, 0.1) is 12.3 Å². The molecule has 3 saturated heterocycles. The highest BCUT2D eigenvalue weighted by atomic mass is 16.6. The Morgan fingerprint density at radius 2 is 1.71 bits per heavy atom. The molecule has 0 radical (unpaired) electrons. The van der Waals surface area contributed by atoms with Gasteiger partial charge in [0.05, 0.1) is 17.8 Å². The first-order valence-electron chi connectivity index (χ1n) is 17.3. The van der Waals surface area contributed by atoms with E-state index in [1.165, 1.54) is 0 Å². The van der Waals surface area contributed by atoms with Crippen LogP contribution in [0.3, 0.4) is 0 Å². The van der Waals surface area contributed by atoms with E-state index < -0.39 is 17.7 Å². The number of hydrogen-bond acceptors (Lipinski definition) is 8. The molecule has 14 nitrogen and oxygen atoms in total. The summed E-state index contributed by atoms with van der Waals surface area (Å²) in [6.07, 6.45) is 6.59. The van der Waals surface area contributed by atoms with Gasteiger partial charge in [-0.3, -0.25) is 20.0 Å². The van der Waals surface area contributed by atoms with Crippen LogP contribution in [0.4, 0.5) is 15.4 Å². The molecule has 0 aliphatic carbocycles. The van der Waals surface area contributed by atoms with E-state index >= 15 is 0 Å². The number of nitrogens with one attached hydrogen (secondary N) is 4. The molecular weight excluding hydrogens is 626 g/mol. The van der Waals surface area contributed by atoms with E-state index in [1.54, 1.807) is 24.3 Å². The van der Waals surface area contributed by atoms with Crippen LogP contribution in [-0.4, -0.2) is 112 Å². The molecule has 7 rings (SSSR count). The molecule has 2 unspecified atom stereocenters. The number of anilines is 1. The third-order valence-corrected chi connectivity index (χ3v) is 11.2. The minimum atomic E-state index is -0.857. The zero-order chi connectivity index (χ0) is 34.3. The third-order valence-electron chi connectivity index (χ3n) is 11.2. The van der Waals surface area contributed by atoms with Gasteiger partial charge in [-0.2, -0.15) is 5.10 Å². The lowest BCUT2D eigenvalue weighted by Gasteiger charge is -2.43. The van der Waals surface area contributed by atoms with Crippen molar-refractivity contribution in [3.8, 4) is 0 Å². The Morgan fingerprint density at radius 3 is 2.45 bits per heavy atom. The fourth-order valence-corrected chi connectivity index (χ4v) is 8.13. The van der Waals surface area contributed by atoms with Crippen molar-refractivity contribution in [2.24, 2.45) is 5.41 Å². The molecule has 4 aliphatic heterocycles. The Hall–Kier alpha value is -4.72. The van der Waals surface area contributed by atoms with E-state index in [4.69, 9.17) is 4.74 Å². The summed E-state index contributed by atoms with van der Waals surface area (Å²) in [5, 5.41) is 17.0. The third kappa shape index (κ3) is 6.29. The fraction of sp³-hybridized carbons (Fsp3) is 0.543. The van der Waals surface area contributed by atoms with Crippen molar-refractivity contribution in [2.45, 2.75) is 70.1 Å². The summed E-state index contributed by atoms with van der Waals surface area (Å²) in [4.78, 5) is 63.2. The predicted molar refractivity (Wildman–Crippen MR) is 182 cm³/mol. The monoisotopic (exact) mass is 671 g/mol. The minimum Gasteiger partial charge on any atom is -0.437 e. The number of fused-ring (bicyclic) bond motifs is 3. The van der Waals surface area contributed by atoms with Crippen LogP contribution in [0.15, 0.2) is 36.7 Å². The summed E-state index contributed by atoms with van der Waals surface area (Å²) < 4.78 is 5.82.